The van der Waals surface area contributed by atoms with E-state index in [-0.39, 0.29) is 5.91 Å². The molecule has 1 amide bonds. The van der Waals surface area contributed by atoms with Crippen LogP contribution in [0.1, 0.15) is 17.2 Å². The van der Waals surface area contributed by atoms with Gasteiger partial charge in [-0.05, 0) is 36.2 Å². The number of hydrogen-bond donors (Lipinski definition) is 1. The smallest absolute Gasteiger partial charge is 0.239 e. The van der Waals surface area contributed by atoms with Crippen molar-refractivity contribution >= 4 is 29.1 Å². The van der Waals surface area contributed by atoms with Crippen LogP contribution in [-0.2, 0) is 11.2 Å². The molecule has 4 nitrogen and oxygen atoms in total. The molecule has 1 atom stereocenters. The van der Waals surface area contributed by atoms with Crippen LogP contribution in [0.25, 0.3) is 0 Å². The van der Waals surface area contributed by atoms with Crippen molar-refractivity contribution < 1.29 is 4.79 Å². The van der Waals surface area contributed by atoms with Gasteiger partial charge in [-0.1, -0.05) is 35.3 Å². The number of aromatic nitrogens is 1. The van der Waals surface area contributed by atoms with Crippen LogP contribution in [0.2, 0.25) is 10.0 Å². The van der Waals surface area contributed by atoms with Gasteiger partial charge in [0.25, 0.3) is 0 Å². The lowest BCUT2D eigenvalue weighted by Crippen LogP contribution is -2.54. The molecule has 3 rings (SSSR count). The molecule has 1 aliphatic heterocycles. The molecule has 0 saturated carbocycles. The summed E-state index contributed by atoms with van der Waals surface area (Å²) in [5.41, 5.74) is 7.90. The molecular weight excluding hydrogens is 333 g/mol. The third kappa shape index (κ3) is 3.66. The van der Waals surface area contributed by atoms with E-state index in [1.165, 1.54) is 0 Å². The van der Waals surface area contributed by atoms with Gasteiger partial charge in [-0.3, -0.25) is 9.78 Å². The summed E-state index contributed by atoms with van der Waals surface area (Å²) in [6, 6.07) is 10.5. The first kappa shape index (κ1) is 16.2. The van der Waals surface area contributed by atoms with Crippen LogP contribution in [0.4, 0.5) is 0 Å². The van der Waals surface area contributed by atoms with Crippen molar-refractivity contribution in [1.82, 2.24) is 9.88 Å². The fourth-order valence-electron chi connectivity index (χ4n) is 2.71. The predicted octanol–water partition coefficient (Wildman–Crippen LogP) is 2.88. The van der Waals surface area contributed by atoms with E-state index in [0.717, 1.165) is 11.3 Å². The van der Waals surface area contributed by atoms with Crippen LogP contribution in [0.15, 0.2) is 42.6 Å². The first-order valence-electron chi connectivity index (χ1n) is 7.44. The summed E-state index contributed by atoms with van der Waals surface area (Å²) in [6.07, 6.45) is 2.17. The molecule has 0 bridgehead atoms. The average molecular weight is 350 g/mol. The van der Waals surface area contributed by atoms with Gasteiger partial charge in [0.05, 0.1) is 6.04 Å². The number of rotatable bonds is 4. The van der Waals surface area contributed by atoms with Gasteiger partial charge in [-0.2, -0.15) is 0 Å². The third-order valence-electron chi connectivity index (χ3n) is 4.07. The molecule has 2 N–H and O–H groups in total. The highest BCUT2D eigenvalue weighted by Crippen LogP contribution is 2.27. The SMILES string of the molecule is N[C@H](Cc1ccc(Cl)cc1Cl)C(=O)N1CC(c2ccccn2)C1. The Morgan fingerprint density at radius 1 is 1.30 bits per heavy atom. The number of carbonyl (C=O) groups is 1. The van der Waals surface area contributed by atoms with Gasteiger partial charge < -0.3 is 10.6 Å². The van der Waals surface area contributed by atoms with Crippen LogP contribution in [-0.4, -0.2) is 34.9 Å². The first-order chi connectivity index (χ1) is 11.0. The summed E-state index contributed by atoms with van der Waals surface area (Å²) in [4.78, 5) is 18.5. The molecule has 0 radical (unpaired) electrons. The van der Waals surface area contributed by atoms with Gasteiger partial charge in [0.2, 0.25) is 5.91 Å². The Kier molecular flexibility index (Phi) is 4.85. The Balaban J connectivity index is 1.57. The second-order valence-electron chi connectivity index (χ2n) is 5.74. The fourth-order valence-corrected chi connectivity index (χ4v) is 3.19. The van der Waals surface area contributed by atoms with E-state index in [2.05, 4.69) is 4.98 Å². The minimum absolute atomic E-state index is 0.0526. The number of benzene rings is 1. The highest BCUT2D eigenvalue weighted by atomic mass is 35.5. The van der Waals surface area contributed by atoms with Crippen molar-refractivity contribution in [2.45, 2.75) is 18.4 Å². The maximum Gasteiger partial charge on any atom is 0.239 e. The van der Waals surface area contributed by atoms with E-state index in [1.54, 1.807) is 23.2 Å². The molecule has 1 fully saturated rings. The van der Waals surface area contributed by atoms with Crippen LogP contribution in [0.3, 0.4) is 0 Å². The Morgan fingerprint density at radius 2 is 2.09 bits per heavy atom. The number of hydrogen-bond acceptors (Lipinski definition) is 3. The Hall–Kier alpha value is -1.62. The van der Waals surface area contributed by atoms with Gasteiger partial charge in [-0.15, -0.1) is 0 Å². The molecular formula is C17H17Cl2N3O. The van der Waals surface area contributed by atoms with E-state index in [9.17, 15) is 4.79 Å². The number of likely N-dealkylation sites (tertiary alicyclic amines) is 1. The van der Waals surface area contributed by atoms with Gasteiger partial charge in [-0.25, -0.2) is 0 Å². The summed E-state index contributed by atoms with van der Waals surface area (Å²) in [5.74, 6) is 0.245. The topological polar surface area (TPSA) is 59.2 Å². The van der Waals surface area contributed by atoms with E-state index in [0.29, 0.717) is 35.5 Å². The van der Waals surface area contributed by atoms with Crippen LogP contribution in [0, 0.1) is 0 Å². The Labute approximate surface area is 145 Å². The summed E-state index contributed by atoms with van der Waals surface area (Å²) >= 11 is 12.0. The van der Waals surface area contributed by atoms with E-state index in [4.69, 9.17) is 28.9 Å². The van der Waals surface area contributed by atoms with Crippen LogP contribution in [0.5, 0.6) is 0 Å². The first-order valence-corrected chi connectivity index (χ1v) is 8.19. The molecule has 2 aromatic rings. The van der Waals surface area contributed by atoms with Gasteiger partial charge in [0.1, 0.15) is 0 Å². The summed E-state index contributed by atoms with van der Waals surface area (Å²) in [6.45, 7) is 1.33. The highest BCUT2D eigenvalue weighted by Gasteiger charge is 2.34. The average Bonchev–Trinajstić information content (AvgIpc) is 2.49. The van der Waals surface area contributed by atoms with Crippen molar-refractivity contribution in [1.29, 1.82) is 0 Å². The number of pyridine rings is 1. The van der Waals surface area contributed by atoms with Crippen LogP contribution >= 0.6 is 23.2 Å². The lowest BCUT2D eigenvalue weighted by Gasteiger charge is -2.40. The summed E-state index contributed by atoms with van der Waals surface area (Å²) in [7, 11) is 0. The standard InChI is InChI=1S/C17H17Cl2N3O/c18-13-5-4-11(14(19)8-13)7-15(20)17(23)22-9-12(10-22)16-3-1-2-6-21-16/h1-6,8,12,15H,7,9-10,20H2/t15-/m1/s1. The lowest BCUT2D eigenvalue weighted by molar-refractivity contribution is -0.137. The highest BCUT2D eigenvalue weighted by molar-refractivity contribution is 6.35. The Morgan fingerprint density at radius 3 is 2.74 bits per heavy atom. The van der Waals surface area contributed by atoms with Gasteiger partial charge in [0, 0.05) is 40.9 Å². The number of nitrogens with zero attached hydrogens (tertiary/aromatic N) is 2. The zero-order valence-electron chi connectivity index (χ0n) is 12.5. The minimum Gasteiger partial charge on any atom is -0.340 e. The zero-order valence-corrected chi connectivity index (χ0v) is 14.0. The molecule has 23 heavy (non-hydrogen) atoms. The number of amides is 1. The molecule has 0 unspecified atom stereocenters. The molecule has 0 aliphatic carbocycles. The molecule has 2 heterocycles. The molecule has 120 valence electrons. The molecule has 1 saturated heterocycles. The van der Waals surface area contributed by atoms with E-state index < -0.39 is 6.04 Å². The maximum absolute atomic E-state index is 12.4. The van der Waals surface area contributed by atoms with Crippen molar-refractivity contribution in [3.8, 4) is 0 Å². The van der Waals surface area contributed by atoms with E-state index >= 15 is 0 Å². The van der Waals surface area contributed by atoms with Gasteiger partial charge >= 0.3 is 0 Å². The maximum atomic E-state index is 12.4. The predicted molar refractivity (Wildman–Crippen MR) is 91.7 cm³/mol. The molecule has 6 heteroatoms. The Bertz CT molecular complexity index is 702. The number of nitrogens with two attached hydrogens (primary N) is 1. The summed E-state index contributed by atoms with van der Waals surface area (Å²) < 4.78 is 0. The monoisotopic (exact) mass is 349 g/mol. The molecule has 1 aromatic carbocycles. The third-order valence-corrected chi connectivity index (χ3v) is 4.66. The minimum atomic E-state index is -0.599. The number of carbonyl (C=O) groups excluding carboxylic acids is 1. The van der Waals surface area contributed by atoms with Crippen LogP contribution < -0.4 is 5.73 Å². The second kappa shape index (κ2) is 6.87. The van der Waals surface area contributed by atoms with Crippen molar-refractivity contribution in [2.24, 2.45) is 5.73 Å². The molecule has 1 aliphatic rings. The van der Waals surface area contributed by atoms with Crippen molar-refractivity contribution in [3.05, 3.63) is 63.9 Å². The van der Waals surface area contributed by atoms with Gasteiger partial charge in [0.15, 0.2) is 0 Å². The molecule has 1 aromatic heterocycles. The quantitative estimate of drug-likeness (QED) is 0.923. The normalized spacial score (nSPS) is 16.0. The second-order valence-corrected chi connectivity index (χ2v) is 6.58. The summed E-state index contributed by atoms with van der Waals surface area (Å²) in [5, 5.41) is 1.11. The van der Waals surface area contributed by atoms with Crippen molar-refractivity contribution in [2.75, 3.05) is 13.1 Å². The lowest BCUT2D eigenvalue weighted by atomic mass is 9.94. The zero-order chi connectivity index (χ0) is 16.4. The van der Waals surface area contributed by atoms with Crippen molar-refractivity contribution in [3.63, 3.8) is 0 Å². The molecule has 0 spiro atoms. The number of halogens is 2. The largest absolute Gasteiger partial charge is 0.340 e. The fraction of sp³-hybridized carbons (Fsp3) is 0.294. The van der Waals surface area contributed by atoms with E-state index in [1.807, 2.05) is 24.3 Å².